The maximum Gasteiger partial charge on any atom is 0.356 e. The Hall–Kier alpha value is -2.97. The number of benzene rings is 2. The van der Waals surface area contributed by atoms with Gasteiger partial charge >= 0.3 is 5.97 Å². The molecular formula is C21H18N2O4S2. The van der Waals surface area contributed by atoms with Crippen molar-refractivity contribution in [1.82, 2.24) is 9.38 Å². The van der Waals surface area contributed by atoms with Gasteiger partial charge in [-0.15, -0.1) is 11.3 Å². The molecule has 0 N–H and O–H groups in total. The summed E-state index contributed by atoms with van der Waals surface area (Å²) in [5.41, 5.74) is 3.49. The molecule has 0 fully saturated rings. The zero-order valence-electron chi connectivity index (χ0n) is 15.8. The van der Waals surface area contributed by atoms with Gasteiger partial charge in [0.15, 0.2) is 14.8 Å². The van der Waals surface area contributed by atoms with Gasteiger partial charge < -0.3 is 4.74 Å². The van der Waals surface area contributed by atoms with Gasteiger partial charge in [0.1, 0.15) is 5.69 Å². The second kappa shape index (κ2) is 7.46. The van der Waals surface area contributed by atoms with E-state index in [0.29, 0.717) is 10.7 Å². The largest absolute Gasteiger partial charge is 0.461 e. The number of imidazole rings is 1. The molecule has 4 rings (SSSR count). The van der Waals surface area contributed by atoms with Crippen LogP contribution in [0.25, 0.3) is 27.5 Å². The lowest BCUT2D eigenvalue weighted by Crippen LogP contribution is -2.08. The molecule has 0 aliphatic rings. The number of rotatable bonds is 5. The Labute approximate surface area is 172 Å². The highest BCUT2D eigenvalue weighted by atomic mass is 32.2. The van der Waals surface area contributed by atoms with Crippen LogP contribution in [-0.4, -0.2) is 36.6 Å². The van der Waals surface area contributed by atoms with Gasteiger partial charge in [-0.3, -0.25) is 4.40 Å². The molecule has 0 spiro atoms. The van der Waals surface area contributed by atoms with E-state index < -0.39 is 15.8 Å². The van der Waals surface area contributed by atoms with Crippen LogP contribution in [0.15, 0.2) is 64.9 Å². The molecule has 0 aliphatic carbocycles. The number of esters is 1. The molecule has 0 saturated carbocycles. The van der Waals surface area contributed by atoms with Crippen molar-refractivity contribution in [3.63, 3.8) is 0 Å². The van der Waals surface area contributed by atoms with Crippen molar-refractivity contribution in [3.05, 3.63) is 65.7 Å². The maximum atomic E-state index is 12.5. The Morgan fingerprint density at radius 3 is 2.38 bits per heavy atom. The third-order valence-electron chi connectivity index (χ3n) is 4.45. The average molecular weight is 427 g/mol. The van der Waals surface area contributed by atoms with Crippen LogP contribution in [0.5, 0.6) is 0 Å². The molecular weight excluding hydrogens is 408 g/mol. The SMILES string of the molecule is CCOC(=O)c1csc2nc(-c3ccccc3)c(-c3ccc(S(C)(=O)=O)cc3)n12. The van der Waals surface area contributed by atoms with Crippen LogP contribution >= 0.6 is 11.3 Å². The predicted molar refractivity (Wildman–Crippen MR) is 113 cm³/mol. The van der Waals surface area contributed by atoms with Crippen LogP contribution in [0.2, 0.25) is 0 Å². The van der Waals surface area contributed by atoms with E-state index in [1.807, 2.05) is 30.3 Å². The first kappa shape index (κ1) is 19.4. The standard InChI is InChI=1S/C21H18N2O4S2/c1-3-27-20(24)17-13-28-21-22-18(14-7-5-4-6-8-14)19(23(17)21)15-9-11-16(12-10-15)29(2,25)26/h4-13H,3H2,1-2H3. The van der Waals surface area contributed by atoms with E-state index in [1.54, 1.807) is 41.0 Å². The number of aromatic nitrogens is 2. The number of nitrogens with zero attached hydrogens (tertiary/aromatic N) is 2. The molecule has 0 unspecified atom stereocenters. The van der Waals surface area contributed by atoms with Crippen molar-refractivity contribution in [2.24, 2.45) is 0 Å². The van der Waals surface area contributed by atoms with Gasteiger partial charge in [-0.05, 0) is 19.1 Å². The number of ether oxygens (including phenoxy) is 1. The fraction of sp³-hybridized carbons (Fsp3) is 0.143. The topological polar surface area (TPSA) is 77.7 Å². The zero-order valence-corrected chi connectivity index (χ0v) is 17.5. The fourth-order valence-electron chi connectivity index (χ4n) is 3.13. The summed E-state index contributed by atoms with van der Waals surface area (Å²) >= 11 is 1.36. The Kier molecular flexibility index (Phi) is 4.97. The minimum absolute atomic E-state index is 0.235. The average Bonchev–Trinajstić information content (AvgIpc) is 3.27. The summed E-state index contributed by atoms with van der Waals surface area (Å²) in [6.45, 7) is 2.03. The van der Waals surface area contributed by atoms with Gasteiger partial charge in [0.05, 0.1) is 22.9 Å². The van der Waals surface area contributed by atoms with E-state index in [2.05, 4.69) is 0 Å². The first-order valence-corrected chi connectivity index (χ1v) is 11.7. The van der Waals surface area contributed by atoms with E-state index in [9.17, 15) is 13.2 Å². The maximum absolute atomic E-state index is 12.5. The third-order valence-corrected chi connectivity index (χ3v) is 6.41. The zero-order chi connectivity index (χ0) is 20.6. The van der Waals surface area contributed by atoms with E-state index in [4.69, 9.17) is 9.72 Å². The smallest absolute Gasteiger partial charge is 0.356 e. The minimum atomic E-state index is -3.31. The van der Waals surface area contributed by atoms with Gasteiger partial charge in [-0.1, -0.05) is 42.5 Å². The summed E-state index contributed by atoms with van der Waals surface area (Å²) in [4.78, 5) is 18.1. The number of hydrogen-bond donors (Lipinski definition) is 0. The molecule has 0 aliphatic heterocycles. The first-order valence-electron chi connectivity index (χ1n) is 8.93. The number of hydrogen-bond acceptors (Lipinski definition) is 6. The number of sulfone groups is 1. The Morgan fingerprint density at radius 1 is 1.07 bits per heavy atom. The molecule has 0 atom stereocenters. The van der Waals surface area contributed by atoms with Gasteiger partial charge in [-0.2, -0.15) is 0 Å². The molecule has 0 amide bonds. The van der Waals surface area contributed by atoms with Gasteiger partial charge in [0, 0.05) is 22.8 Å². The monoisotopic (exact) mass is 426 g/mol. The molecule has 8 heteroatoms. The Balaban J connectivity index is 1.98. The van der Waals surface area contributed by atoms with Crippen LogP contribution in [0.1, 0.15) is 17.4 Å². The van der Waals surface area contributed by atoms with E-state index in [0.717, 1.165) is 22.5 Å². The summed E-state index contributed by atoms with van der Waals surface area (Å²) in [7, 11) is -3.31. The minimum Gasteiger partial charge on any atom is -0.461 e. The fourth-order valence-corrected chi connectivity index (χ4v) is 4.62. The van der Waals surface area contributed by atoms with Crippen molar-refractivity contribution in [2.75, 3.05) is 12.9 Å². The lowest BCUT2D eigenvalue weighted by atomic mass is 10.0. The van der Waals surface area contributed by atoms with Crippen LogP contribution in [0.4, 0.5) is 0 Å². The van der Waals surface area contributed by atoms with Gasteiger partial charge in [0.25, 0.3) is 0 Å². The van der Waals surface area contributed by atoms with Crippen molar-refractivity contribution in [3.8, 4) is 22.5 Å². The van der Waals surface area contributed by atoms with Gasteiger partial charge in [0.2, 0.25) is 0 Å². The van der Waals surface area contributed by atoms with Crippen molar-refractivity contribution >= 4 is 32.1 Å². The van der Waals surface area contributed by atoms with Crippen LogP contribution in [0, 0.1) is 0 Å². The third kappa shape index (κ3) is 3.56. The van der Waals surface area contributed by atoms with E-state index in [1.165, 1.54) is 17.6 Å². The highest BCUT2D eigenvalue weighted by molar-refractivity contribution is 7.90. The molecule has 2 aromatic carbocycles. The summed E-state index contributed by atoms with van der Waals surface area (Å²) in [6.07, 6.45) is 1.17. The second-order valence-corrected chi connectivity index (χ2v) is 9.28. The number of fused-ring (bicyclic) bond motifs is 1. The lowest BCUT2D eigenvalue weighted by molar-refractivity contribution is 0.0519. The summed E-state index contributed by atoms with van der Waals surface area (Å²) in [5, 5.41) is 1.73. The van der Waals surface area contributed by atoms with Crippen LogP contribution in [-0.2, 0) is 14.6 Å². The van der Waals surface area contributed by atoms with Crippen LogP contribution < -0.4 is 0 Å². The molecule has 2 heterocycles. The van der Waals surface area contributed by atoms with Crippen molar-refractivity contribution in [1.29, 1.82) is 0 Å². The van der Waals surface area contributed by atoms with Gasteiger partial charge in [-0.25, -0.2) is 18.2 Å². The highest BCUT2D eigenvalue weighted by Gasteiger charge is 2.23. The summed E-state index contributed by atoms with van der Waals surface area (Å²) in [6, 6.07) is 16.3. The number of thiazole rings is 1. The second-order valence-electron chi connectivity index (χ2n) is 6.43. The predicted octanol–water partition coefficient (Wildman–Crippen LogP) is 4.31. The molecule has 6 nitrogen and oxygen atoms in total. The molecule has 4 aromatic rings. The highest BCUT2D eigenvalue weighted by Crippen LogP contribution is 2.36. The normalized spacial score (nSPS) is 11.7. The van der Waals surface area contributed by atoms with Crippen molar-refractivity contribution < 1.29 is 17.9 Å². The summed E-state index contributed by atoms with van der Waals surface area (Å²) in [5.74, 6) is -0.426. The molecule has 0 radical (unpaired) electrons. The van der Waals surface area contributed by atoms with Crippen LogP contribution in [0.3, 0.4) is 0 Å². The molecule has 148 valence electrons. The van der Waals surface area contributed by atoms with Crippen molar-refractivity contribution in [2.45, 2.75) is 11.8 Å². The summed E-state index contributed by atoms with van der Waals surface area (Å²) < 4.78 is 30.6. The number of carbonyl (C=O) groups excluding carboxylic acids is 1. The lowest BCUT2D eigenvalue weighted by Gasteiger charge is -2.08. The molecule has 2 aromatic heterocycles. The first-order chi connectivity index (χ1) is 13.9. The van der Waals surface area contributed by atoms with E-state index >= 15 is 0 Å². The molecule has 0 saturated heterocycles. The van der Waals surface area contributed by atoms with E-state index in [-0.39, 0.29) is 11.5 Å². The molecule has 0 bridgehead atoms. The Bertz CT molecular complexity index is 1290. The number of carbonyl (C=O) groups is 1. The molecule has 29 heavy (non-hydrogen) atoms. The quantitative estimate of drug-likeness (QED) is 0.445. The Morgan fingerprint density at radius 2 is 1.76 bits per heavy atom.